The van der Waals surface area contributed by atoms with Crippen molar-refractivity contribution < 1.29 is 22.1 Å². The number of halogens is 1. The third-order valence-corrected chi connectivity index (χ3v) is 5.35. The third-order valence-electron chi connectivity index (χ3n) is 3.66. The first-order chi connectivity index (χ1) is 10.7. The molecule has 2 aromatic rings. The highest BCUT2D eigenvalue weighted by molar-refractivity contribution is 7.89. The number of rotatable bonds is 5. The first-order valence-corrected chi connectivity index (χ1v) is 8.45. The minimum Gasteiger partial charge on any atom is -0.494 e. The molecule has 0 aliphatic rings. The van der Waals surface area contributed by atoms with Gasteiger partial charge >= 0.3 is 0 Å². The van der Waals surface area contributed by atoms with Gasteiger partial charge in [-0.05, 0) is 39.8 Å². The molecule has 0 saturated carbocycles. The van der Waals surface area contributed by atoms with Crippen LogP contribution >= 0.6 is 0 Å². The molecule has 1 aromatic heterocycles. The van der Waals surface area contributed by atoms with E-state index >= 15 is 0 Å². The summed E-state index contributed by atoms with van der Waals surface area (Å²) < 4.78 is 51.6. The molecule has 0 fully saturated rings. The van der Waals surface area contributed by atoms with E-state index in [1.165, 1.54) is 26.2 Å². The molecule has 1 unspecified atom stereocenters. The van der Waals surface area contributed by atoms with Crippen molar-refractivity contribution in [2.45, 2.75) is 38.6 Å². The molecule has 23 heavy (non-hydrogen) atoms. The van der Waals surface area contributed by atoms with Gasteiger partial charge in [-0.3, -0.25) is 0 Å². The minimum atomic E-state index is -3.91. The molecule has 126 valence electrons. The van der Waals surface area contributed by atoms with Gasteiger partial charge in [0.1, 0.15) is 5.76 Å². The number of hydrogen-bond donors (Lipinski definition) is 1. The van der Waals surface area contributed by atoms with Gasteiger partial charge in [0.15, 0.2) is 11.6 Å². The summed E-state index contributed by atoms with van der Waals surface area (Å²) in [7, 11) is -2.59. The molecular formula is C15H19FN2O4S. The maximum Gasteiger partial charge on any atom is 0.241 e. The van der Waals surface area contributed by atoms with Crippen LogP contribution < -0.4 is 9.46 Å². The normalized spacial score (nSPS) is 13.1. The lowest BCUT2D eigenvalue weighted by Gasteiger charge is -2.16. The molecule has 1 N–H and O–H groups in total. The van der Waals surface area contributed by atoms with Gasteiger partial charge in [-0.25, -0.2) is 17.5 Å². The van der Waals surface area contributed by atoms with Gasteiger partial charge in [0.05, 0.1) is 17.7 Å². The van der Waals surface area contributed by atoms with Crippen molar-refractivity contribution in [1.82, 2.24) is 9.88 Å². The summed E-state index contributed by atoms with van der Waals surface area (Å²) in [5.41, 5.74) is 1.28. The van der Waals surface area contributed by atoms with E-state index in [0.717, 1.165) is 0 Å². The summed E-state index contributed by atoms with van der Waals surface area (Å²) >= 11 is 0. The van der Waals surface area contributed by atoms with E-state index < -0.39 is 21.9 Å². The van der Waals surface area contributed by atoms with E-state index in [1.807, 2.05) is 0 Å². The van der Waals surface area contributed by atoms with Crippen molar-refractivity contribution in [2.24, 2.45) is 0 Å². The highest BCUT2D eigenvalue weighted by atomic mass is 32.2. The average molecular weight is 342 g/mol. The number of ether oxygens (including phenoxy) is 1. The Morgan fingerprint density at radius 3 is 2.48 bits per heavy atom. The quantitative estimate of drug-likeness (QED) is 0.903. The standard InChI is InChI=1S/C15H19FN2O4S/c1-8-13(7-6-12(21-5)15(8)16)23(19,20)18-10(3)14-9(2)17-22-11(14)4/h6-7,10,18H,1-5H3. The molecule has 0 radical (unpaired) electrons. The topological polar surface area (TPSA) is 81.4 Å². The summed E-state index contributed by atoms with van der Waals surface area (Å²) in [6.07, 6.45) is 0. The number of methoxy groups -OCH3 is 1. The fourth-order valence-electron chi connectivity index (χ4n) is 2.55. The summed E-state index contributed by atoms with van der Waals surface area (Å²) in [4.78, 5) is -0.130. The Kier molecular flexibility index (Phi) is 4.76. The number of benzene rings is 1. The van der Waals surface area contributed by atoms with Crippen molar-refractivity contribution >= 4 is 10.0 Å². The number of nitrogens with zero attached hydrogens (tertiary/aromatic N) is 1. The monoisotopic (exact) mass is 342 g/mol. The van der Waals surface area contributed by atoms with Crippen LogP contribution in [-0.2, 0) is 10.0 Å². The van der Waals surface area contributed by atoms with Crippen LogP contribution in [0.2, 0.25) is 0 Å². The second-order valence-electron chi connectivity index (χ2n) is 5.29. The fourth-order valence-corrected chi connectivity index (χ4v) is 4.00. The minimum absolute atomic E-state index is 0.000205. The Morgan fingerprint density at radius 2 is 1.96 bits per heavy atom. The van der Waals surface area contributed by atoms with Gasteiger partial charge in [0.2, 0.25) is 10.0 Å². The zero-order valence-corrected chi connectivity index (χ0v) is 14.4. The SMILES string of the molecule is COc1ccc(S(=O)(=O)NC(C)c2c(C)noc2C)c(C)c1F. The number of sulfonamides is 1. The summed E-state index contributed by atoms with van der Waals surface area (Å²) in [6.45, 7) is 6.51. The largest absolute Gasteiger partial charge is 0.494 e. The predicted molar refractivity (Wildman–Crippen MR) is 82.4 cm³/mol. The van der Waals surface area contributed by atoms with E-state index in [-0.39, 0.29) is 16.2 Å². The van der Waals surface area contributed by atoms with E-state index in [4.69, 9.17) is 9.26 Å². The number of aromatic nitrogens is 1. The van der Waals surface area contributed by atoms with Crippen LogP contribution in [0.1, 0.15) is 35.5 Å². The van der Waals surface area contributed by atoms with Gasteiger partial charge in [-0.2, -0.15) is 0 Å². The molecule has 0 amide bonds. The third kappa shape index (κ3) is 3.23. The summed E-state index contributed by atoms with van der Waals surface area (Å²) in [5.74, 6) is -0.157. The van der Waals surface area contributed by atoms with E-state index in [0.29, 0.717) is 17.0 Å². The first kappa shape index (κ1) is 17.4. The molecule has 0 bridgehead atoms. The average Bonchev–Trinajstić information content (AvgIpc) is 2.80. The van der Waals surface area contributed by atoms with Crippen LogP contribution in [0.4, 0.5) is 4.39 Å². The molecule has 0 saturated heterocycles. The van der Waals surface area contributed by atoms with Crippen LogP contribution in [0, 0.1) is 26.6 Å². The Bertz CT molecular complexity index is 811. The molecule has 6 nitrogen and oxygen atoms in total. The van der Waals surface area contributed by atoms with Gasteiger partial charge in [-0.15, -0.1) is 0 Å². The Hall–Kier alpha value is -1.93. The highest BCUT2D eigenvalue weighted by Crippen LogP contribution is 2.28. The lowest BCUT2D eigenvalue weighted by Crippen LogP contribution is -2.28. The number of hydrogen-bond acceptors (Lipinski definition) is 5. The van der Waals surface area contributed by atoms with Gasteiger partial charge in [-0.1, -0.05) is 5.16 Å². The Morgan fingerprint density at radius 1 is 1.30 bits per heavy atom. The lowest BCUT2D eigenvalue weighted by molar-refractivity contribution is 0.384. The maximum atomic E-state index is 14.1. The fraction of sp³-hybridized carbons (Fsp3) is 0.400. The second-order valence-corrected chi connectivity index (χ2v) is 6.97. The molecule has 0 aliphatic heterocycles. The van der Waals surface area contributed by atoms with Crippen LogP contribution in [0.5, 0.6) is 5.75 Å². The molecule has 1 aromatic carbocycles. The summed E-state index contributed by atoms with van der Waals surface area (Å²) in [5, 5.41) is 3.81. The van der Waals surface area contributed by atoms with E-state index in [1.54, 1.807) is 20.8 Å². The maximum absolute atomic E-state index is 14.1. The van der Waals surface area contributed by atoms with Crippen LogP contribution in [0.15, 0.2) is 21.6 Å². The van der Waals surface area contributed by atoms with Gasteiger partial charge in [0, 0.05) is 17.2 Å². The van der Waals surface area contributed by atoms with Crippen LogP contribution in [0.25, 0.3) is 0 Å². The van der Waals surface area contributed by atoms with Crippen molar-refractivity contribution in [3.8, 4) is 5.75 Å². The molecular weight excluding hydrogens is 323 g/mol. The van der Waals surface area contributed by atoms with Crippen molar-refractivity contribution in [3.63, 3.8) is 0 Å². The second kappa shape index (κ2) is 6.29. The van der Waals surface area contributed by atoms with Crippen molar-refractivity contribution in [3.05, 3.63) is 40.5 Å². The molecule has 8 heteroatoms. The van der Waals surface area contributed by atoms with Gasteiger partial charge < -0.3 is 9.26 Å². The van der Waals surface area contributed by atoms with Crippen LogP contribution in [0.3, 0.4) is 0 Å². The van der Waals surface area contributed by atoms with E-state index in [2.05, 4.69) is 9.88 Å². The van der Waals surface area contributed by atoms with Crippen molar-refractivity contribution in [1.29, 1.82) is 0 Å². The zero-order chi connectivity index (χ0) is 17.4. The summed E-state index contributed by atoms with van der Waals surface area (Å²) in [6, 6.07) is 2.05. The smallest absolute Gasteiger partial charge is 0.241 e. The lowest BCUT2D eigenvalue weighted by atomic mass is 10.1. The number of nitrogens with one attached hydrogen (secondary N) is 1. The first-order valence-electron chi connectivity index (χ1n) is 6.97. The highest BCUT2D eigenvalue weighted by Gasteiger charge is 2.26. The Labute approximate surface area is 134 Å². The zero-order valence-electron chi connectivity index (χ0n) is 13.6. The van der Waals surface area contributed by atoms with Crippen molar-refractivity contribution in [2.75, 3.05) is 7.11 Å². The molecule has 0 spiro atoms. The van der Waals surface area contributed by atoms with E-state index in [9.17, 15) is 12.8 Å². The van der Waals surface area contributed by atoms with Crippen LogP contribution in [-0.4, -0.2) is 20.7 Å². The molecule has 0 aliphatic carbocycles. The van der Waals surface area contributed by atoms with Gasteiger partial charge in [0.25, 0.3) is 0 Å². The predicted octanol–water partition coefficient (Wildman–Crippen LogP) is 2.79. The Balaban J connectivity index is 2.38. The molecule has 1 heterocycles. The molecule has 2 rings (SSSR count). The molecule has 1 atom stereocenters. The number of aryl methyl sites for hydroxylation is 2.